The Morgan fingerprint density at radius 1 is 1.24 bits per heavy atom. The lowest BCUT2D eigenvalue weighted by atomic mass is 10.0. The van der Waals surface area contributed by atoms with Crippen LogP contribution in [0.2, 0.25) is 0 Å². The first-order chi connectivity index (χ1) is 11.5. The van der Waals surface area contributed by atoms with Crippen LogP contribution in [0, 0.1) is 17.2 Å². The molecule has 0 heterocycles. The third-order valence-electron chi connectivity index (χ3n) is 3.35. The molecule has 0 fully saturated rings. The third kappa shape index (κ3) is 6.94. The van der Waals surface area contributed by atoms with Gasteiger partial charge in [-0.05, 0) is 50.8 Å². The van der Waals surface area contributed by atoms with Gasteiger partial charge in [-0.15, -0.1) is 0 Å². The normalized spacial score (nSPS) is 12.4. The molecule has 0 aliphatic rings. The second-order valence-electron chi connectivity index (χ2n) is 7.45. The maximum Gasteiger partial charge on any atom is 0.417 e. The van der Waals surface area contributed by atoms with Gasteiger partial charge < -0.3 is 10.5 Å². The minimum Gasteiger partial charge on any atom is -0.443 e. The highest BCUT2D eigenvalue weighted by atomic mass is 16.6. The van der Waals surface area contributed by atoms with E-state index in [1.54, 1.807) is 45.0 Å². The van der Waals surface area contributed by atoms with E-state index < -0.39 is 23.6 Å². The van der Waals surface area contributed by atoms with Crippen LogP contribution in [0.4, 0.5) is 4.79 Å². The predicted octanol–water partition coefficient (Wildman–Crippen LogP) is 3.20. The standard InChI is InChI=1S/C19H27N3O3/c1-13(2)10-16(21)17(23)22(18(24)25-19(3,4)5)12-15-8-6-14(11-20)7-9-15/h6-9,13,16H,10,12,21H2,1-5H3/t16-/m0/s1. The lowest BCUT2D eigenvalue weighted by Crippen LogP contribution is -2.48. The Balaban J connectivity index is 3.02. The van der Waals surface area contributed by atoms with Crippen molar-refractivity contribution in [2.75, 3.05) is 0 Å². The van der Waals surface area contributed by atoms with Crippen molar-refractivity contribution in [2.24, 2.45) is 11.7 Å². The molecule has 0 aliphatic carbocycles. The lowest BCUT2D eigenvalue weighted by molar-refractivity contribution is -0.132. The molecule has 0 unspecified atom stereocenters. The van der Waals surface area contributed by atoms with Crippen molar-refractivity contribution in [2.45, 2.75) is 59.2 Å². The number of nitriles is 1. The molecular formula is C19H27N3O3. The van der Waals surface area contributed by atoms with Gasteiger partial charge in [0.15, 0.2) is 0 Å². The Kier molecular flexibility index (Phi) is 7.13. The van der Waals surface area contributed by atoms with Gasteiger partial charge in [-0.1, -0.05) is 26.0 Å². The van der Waals surface area contributed by atoms with E-state index in [1.807, 2.05) is 19.9 Å². The number of hydrogen-bond acceptors (Lipinski definition) is 5. The molecule has 0 spiro atoms. The fourth-order valence-corrected chi connectivity index (χ4v) is 2.23. The van der Waals surface area contributed by atoms with E-state index in [9.17, 15) is 9.59 Å². The molecule has 25 heavy (non-hydrogen) atoms. The van der Waals surface area contributed by atoms with E-state index in [1.165, 1.54) is 0 Å². The monoisotopic (exact) mass is 345 g/mol. The van der Waals surface area contributed by atoms with E-state index >= 15 is 0 Å². The van der Waals surface area contributed by atoms with Gasteiger partial charge in [0.2, 0.25) is 5.91 Å². The maximum atomic E-state index is 12.7. The van der Waals surface area contributed by atoms with Gasteiger partial charge >= 0.3 is 6.09 Å². The molecule has 2 N–H and O–H groups in total. The Hall–Kier alpha value is -2.39. The molecule has 1 rings (SSSR count). The molecule has 1 aromatic rings. The Labute approximate surface area is 149 Å². The Bertz CT molecular complexity index is 639. The second kappa shape index (κ2) is 8.63. The fraction of sp³-hybridized carbons (Fsp3) is 0.526. The smallest absolute Gasteiger partial charge is 0.417 e. The van der Waals surface area contributed by atoms with Crippen LogP contribution in [0.1, 0.15) is 52.2 Å². The first-order valence-electron chi connectivity index (χ1n) is 8.32. The van der Waals surface area contributed by atoms with Gasteiger partial charge in [0.25, 0.3) is 0 Å². The lowest BCUT2D eigenvalue weighted by Gasteiger charge is -2.28. The third-order valence-corrected chi connectivity index (χ3v) is 3.35. The number of ether oxygens (including phenoxy) is 1. The molecule has 1 aromatic carbocycles. The topological polar surface area (TPSA) is 96.4 Å². The number of hydrogen-bond donors (Lipinski definition) is 1. The van der Waals surface area contributed by atoms with E-state index in [0.29, 0.717) is 12.0 Å². The molecule has 0 radical (unpaired) electrons. The molecule has 0 aromatic heterocycles. The van der Waals surface area contributed by atoms with Crippen molar-refractivity contribution in [1.82, 2.24) is 4.90 Å². The average Bonchev–Trinajstić information content (AvgIpc) is 2.50. The number of carbonyl (C=O) groups is 2. The van der Waals surface area contributed by atoms with Crippen molar-refractivity contribution in [1.29, 1.82) is 5.26 Å². The summed E-state index contributed by atoms with van der Waals surface area (Å²) >= 11 is 0. The van der Waals surface area contributed by atoms with Crippen molar-refractivity contribution < 1.29 is 14.3 Å². The number of benzene rings is 1. The predicted molar refractivity (Wildman–Crippen MR) is 95.4 cm³/mol. The van der Waals surface area contributed by atoms with E-state index in [4.69, 9.17) is 15.7 Å². The number of imide groups is 1. The van der Waals surface area contributed by atoms with Crippen molar-refractivity contribution in [3.05, 3.63) is 35.4 Å². The molecular weight excluding hydrogens is 318 g/mol. The number of nitrogens with zero attached hydrogens (tertiary/aromatic N) is 2. The summed E-state index contributed by atoms with van der Waals surface area (Å²) in [6.45, 7) is 9.19. The number of nitrogens with two attached hydrogens (primary N) is 1. The largest absolute Gasteiger partial charge is 0.443 e. The highest BCUT2D eigenvalue weighted by Crippen LogP contribution is 2.16. The average molecular weight is 345 g/mol. The summed E-state index contributed by atoms with van der Waals surface area (Å²) < 4.78 is 5.35. The summed E-state index contributed by atoms with van der Waals surface area (Å²) in [6.07, 6.45) is -0.244. The highest BCUT2D eigenvalue weighted by molar-refractivity contribution is 5.95. The van der Waals surface area contributed by atoms with Crippen LogP contribution in [0.25, 0.3) is 0 Å². The van der Waals surface area contributed by atoms with Crippen LogP contribution >= 0.6 is 0 Å². The molecule has 6 heteroatoms. The first kappa shape index (κ1) is 20.7. The number of carbonyl (C=O) groups excluding carboxylic acids is 2. The SMILES string of the molecule is CC(C)C[C@H](N)C(=O)N(Cc1ccc(C#N)cc1)C(=O)OC(C)(C)C. The fourth-order valence-electron chi connectivity index (χ4n) is 2.23. The second-order valence-corrected chi connectivity index (χ2v) is 7.45. The number of amides is 2. The van der Waals surface area contributed by atoms with Crippen LogP contribution in [0.5, 0.6) is 0 Å². The molecule has 0 saturated carbocycles. The molecule has 0 bridgehead atoms. The van der Waals surface area contributed by atoms with Gasteiger partial charge in [0.05, 0.1) is 24.2 Å². The minimum atomic E-state index is -0.772. The highest BCUT2D eigenvalue weighted by Gasteiger charge is 2.30. The van der Waals surface area contributed by atoms with Crippen LogP contribution in [-0.4, -0.2) is 28.5 Å². The van der Waals surface area contributed by atoms with E-state index in [-0.39, 0.29) is 12.5 Å². The van der Waals surface area contributed by atoms with Crippen LogP contribution in [0.3, 0.4) is 0 Å². The molecule has 136 valence electrons. The molecule has 1 atom stereocenters. The van der Waals surface area contributed by atoms with Crippen LogP contribution < -0.4 is 5.73 Å². The minimum absolute atomic E-state index is 0.0469. The molecule has 2 amide bonds. The van der Waals surface area contributed by atoms with E-state index in [0.717, 1.165) is 10.5 Å². The van der Waals surface area contributed by atoms with Crippen molar-refractivity contribution in [3.8, 4) is 6.07 Å². The van der Waals surface area contributed by atoms with Crippen molar-refractivity contribution in [3.63, 3.8) is 0 Å². The number of rotatable bonds is 5. The Morgan fingerprint density at radius 3 is 2.24 bits per heavy atom. The molecule has 0 saturated heterocycles. The molecule has 6 nitrogen and oxygen atoms in total. The van der Waals surface area contributed by atoms with Gasteiger partial charge in [-0.3, -0.25) is 4.79 Å². The van der Waals surface area contributed by atoms with Crippen molar-refractivity contribution >= 4 is 12.0 Å². The Morgan fingerprint density at radius 2 is 1.80 bits per heavy atom. The van der Waals surface area contributed by atoms with Gasteiger partial charge in [0.1, 0.15) is 5.60 Å². The zero-order valence-corrected chi connectivity index (χ0v) is 15.6. The summed E-state index contributed by atoms with van der Waals surface area (Å²) in [5.74, 6) is -0.235. The van der Waals surface area contributed by atoms with Crippen LogP contribution in [-0.2, 0) is 16.1 Å². The summed E-state index contributed by atoms with van der Waals surface area (Å²) in [4.78, 5) is 26.2. The van der Waals surface area contributed by atoms with Crippen LogP contribution in [0.15, 0.2) is 24.3 Å². The summed E-state index contributed by atoms with van der Waals surface area (Å²) in [5.41, 5.74) is 6.49. The molecule has 0 aliphatic heterocycles. The summed E-state index contributed by atoms with van der Waals surface area (Å²) in [6, 6.07) is 7.95. The first-order valence-corrected chi connectivity index (χ1v) is 8.32. The summed E-state index contributed by atoms with van der Waals surface area (Å²) in [7, 11) is 0. The quantitative estimate of drug-likeness (QED) is 0.884. The van der Waals surface area contributed by atoms with Gasteiger partial charge in [-0.25, -0.2) is 9.69 Å². The van der Waals surface area contributed by atoms with Gasteiger partial charge in [0, 0.05) is 0 Å². The summed E-state index contributed by atoms with van der Waals surface area (Å²) in [5, 5.41) is 8.87. The zero-order valence-electron chi connectivity index (χ0n) is 15.6. The maximum absolute atomic E-state index is 12.7. The zero-order chi connectivity index (χ0) is 19.2. The van der Waals surface area contributed by atoms with E-state index in [2.05, 4.69) is 0 Å². The van der Waals surface area contributed by atoms with Gasteiger partial charge in [-0.2, -0.15) is 5.26 Å².